The molecule has 0 spiro atoms. The van der Waals surface area contributed by atoms with Crippen LogP contribution in [0.2, 0.25) is 0 Å². The van der Waals surface area contributed by atoms with E-state index in [0.29, 0.717) is 11.3 Å². The van der Waals surface area contributed by atoms with E-state index in [0.717, 1.165) is 18.0 Å². The highest BCUT2D eigenvalue weighted by atomic mass is 19.4. The largest absolute Gasteiger partial charge is 0.467 e. The van der Waals surface area contributed by atoms with E-state index in [1.165, 1.54) is 12.1 Å². The lowest BCUT2D eigenvalue weighted by Crippen LogP contribution is -2.49. The third-order valence-corrected chi connectivity index (χ3v) is 4.71. The number of carbonyl (C=O) groups excluding carboxylic acids is 3. The molecule has 12 heteroatoms. The average Bonchev–Trinajstić information content (AvgIpc) is 3.32. The summed E-state index contributed by atoms with van der Waals surface area (Å²) in [5, 5.41) is 7.94. The minimum atomic E-state index is -4.91. The van der Waals surface area contributed by atoms with E-state index >= 15 is 0 Å². The van der Waals surface area contributed by atoms with Crippen molar-refractivity contribution < 1.29 is 37.0 Å². The van der Waals surface area contributed by atoms with Gasteiger partial charge in [0.05, 0.1) is 18.4 Å². The van der Waals surface area contributed by atoms with Crippen molar-refractivity contribution in [2.45, 2.75) is 18.8 Å². The number of hydrogen-bond acceptors (Lipinski definition) is 6. The van der Waals surface area contributed by atoms with Crippen molar-refractivity contribution in [1.82, 2.24) is 20.4 Å². The summed E-state index contributed by atoms with van der Waals surface area (Å²) in [7, 11) is 1.06. The number of amides is 2. The van der Waals surface area contributed by atoms with Gasteiger partial charge in [-0.3, -0.25) is 4.79 Å². The van der Waals surface area contributed by atoms with E-state index in [-0.39, 0.29) is 6.61 Å². The van der Waals surface area contributed by atoms with Gasteiger partial charge < -0.3 is 20.1 Å². The number of aromatic nitrogens is 2. The Morgan fingerprint density at radius 3 is 2.26 bits per heavy atom. The van der Waals surface area contributed by atoms with Crippen molar-refractivity contribution in [2.75, 3.05) is 13.7 Å². The van der Waals surface area contributed by atoms with Crippen LogP contribution in [-0.4, -0.2) is 47.4 Å². The van der Waals surface area contributed by atoms with Crippen molar-refractivity contribution in [1.29, 1.82) is 0 Å². The van der Waals surface area contributed by atoms with Crippen molar-refractivity contribution in [3.8, 4) is 5.69 Å². The predicted molar refractivity (Wildman–Crippen MR) is 116 cm³/mol. The zero-order valence-electron chi connectivity index (χ0n) is 18.4. The van der Waals surface area contributed by atoms with Gasteiger partial charge in [0.25, 0.3) is 5.91 Å². The van der Waals surface area contributed by atoms with Crippen LogP contribution in [0, 0.1) is 0 Å². The number of nitrogens with zero attached hydrogens (tertiary/aromatic N) is 2. The quantitative estimate of drug-likeness (QED) is 0.470. The molecule has 3 rings (SSSR count). The molecule has 2 amide bonds. The summed E-state index contributed by atoms with van der Waals surface area (Å²) < 4.78 is 51.1. The minimum absolute atomic E-state index is 0.0828. The number of alkyl carbamates (subject to hydrolysis) is 1. The van der Waals surface area contributed by atoms with Gasteiger partial charge in [0.15, 0.2) is 5.69 Å². The lowest BCUT2D eigenvalue weighted by Gasteiger charge is -2.17. The summed E-state index contributed by atoms with van der Waals surface area (Å²) in [5.41, 5.74) is -1.15. The van der Waals surface area contributed by atoms with Gasteiger partial charge in [-0.25, -0.2) is 14.3 Å². The second-order valence-electron chi connectivity index (χ2n) is 7.16. The topological polar surface area (TPSA) is 112 Å². The fourth-order valence-corrected chi connectivity index (χ4v) is 3.00. The van der Waals surface area contributed by atoms with E-state index in [2.05, 4.69) is 20.5 Å². The fourth-order valence-electron chi connectivity index (χ4n) is 3.00. The van der Waals surface area contributed by atoms with Gasteiger partial charge in [-0.2, -0.15) is 18.3 Å². The predicted octanol–water partition coefficient (Wildman–Crippen LogP) is 3.09. The number of nitrogens with one attached hydrogen (secondary N) is 2. The average molecular weight is 490 g/mol. The molecule has 2 aromatic carbocycles. The first-order valence-corrected chi connectivity index (χ1v) is 10.2. The summed E-state index contributed by atoms with van der Waals surface area (Å²) in [6.45, 7) is -0.639. The fraction of sp³-hybridized carbons (Fsp3) is 0.217. The Kier molecular flexibility index (Phi) is 8.08. The highest BCUT2D eigenvalue weighted by Crippen LogP contribution is 2.31. The Morgan fingerprint density at radius 2 is 1.66 bits per heavy atom. The molecule has 0 saturated heterocycles. The van der Waals surface area contributed by atoms with Gasteiger partial charge >= 0.3 is 18.2 Å². The van der Waals surface area contributed by atoms with Gasteiger partial charge in [-0.15, -0.1) is 0 Å². The lowest BCUT2D eigenvalue weighted by atomic mass is 10.2. The molecule has 2 N–H and O–H groups in total. The van der Waals surface area contributed by atoms with Crippen LogP contribution in [0.25, 0.3) is 5.69 Å². The van der Waals surface area contributed by atoms with Gasteiger partial charge in [-0.1, -0.05) is 48.5 Å². The monoisotopic (exact) mass is 490 g/mol. The first-order chi connectivity index (χ1) is 16.7. The molecular weight excluding hydrogens is 469 g/mol. The van der Waals surface area contributed by atoms with E-state index < -0.39 is 48.0 Å². The number of carbonyl (C=O) groups is 3. The molecule has 0 aliphatic rings. The minimum Gasteiger partial charge on any atom is -0.467 e. The van der Waals surface area contributed by atoms with Gasteiger partial charge in [0, 0.05) is 12.7 Å². The first kappa shape index (κ1) is 25.3. The summed E-state index contributed by atoms with van der Waals surface area (Å²) in [6.07, 6.45) is -4.96. The maximum Gasteiger partial charge on any atom is 0.435 e. The third kappa shape index (κ3) is 6.82. The molecular formula is C23H21F3N4O5. The number of ether oxygens (including phenoxy) is 2. The zero-order chi connectivity index (χ0) is 25.4. The Hall–Kier alpha value is -4.35. The third-order valence-electron chi connectivity index (χ3n) is 4.71. The second kappa shape index (κ2) is 11.2. The molecule has 0 radical (unpaired) electrons. The molecule has 35 heavy (non-hydrogen) atoms. The van der Waals surface area contributed by atoms with Crippen LogP contribution in [0.4, 0.5) is 18.0 Å². The van der Waals surface area contributed by atoms with Gasteiger partial charge in [0.1, 0.15) is 12.6 Å². The molecule has 0 unspecified atom stereocenters. The maximum absolute atomic E-state index is 13.5. The van der Waals surface area contributed by atoms with E-state index in [1.807, 2.05) is 0 Å². The van der Waals surface area contributed by atoms with Crippen LogP contribution in [0.5, 0.6) is 0 Å². The summed E-state index contributed by atoms with van der Waals surface area (Å²) in [5.74, 6) is -2.08. The second-order valence-corrected chi connectivity index (χ2v) is 7.16. The van der Waals surface area contributed by atoms with Crippen LogP contribution >= 0.6 is 0 Å². The first-order valence-electron chi connectivity index (χ1n) is 10.2. The number of esters is 1. The Balaban J connectivity index is 1.69. The van der Waals surface area contributed by atoms with Gasteiger partial charge in [0.2, 0.25) is 0 Å². The molecule has 1 atom stereocenters. The highest BCUT2D eigenvalue weighted by molar-refractivity contribution is 5.96. The molecule has 0 fully saturated rings. The Labute approximate surface area is 197 Å². The molecule has 0 aliphatic carbocycles. The summed E-state index contributed by atoms with van der Waals surface area (Å²) in [6, 6.07) is 15.2. The number of para-hydroxylation sites is 1. The SMILES string of the molecule is COC(=O)[C@@H](CNC(=O)c1cn(-c2ccccc2)nc1C(F)(F)F)NC(=O)OCc1ccccc1. The molecule has 3 aromatic rings. The molecule has 9 nitrogen and oxygen atoms in total. The number of benzene rings is 2. The molecule has 184 valence electrons. The smallest absolute Gasteiger partial charge is 0.435 e. The maximum atomic E-state index is 13.5. The van der Waals surface area contributed by atoms with Crippen LogP contribution in [0.3, 0.4) is 0 Å². The van der Waals surface area contributed by atoms with Crippen LogP contribution in [0.1, 0.15) is 21.6 Å². The number of hydrogen-bond donors (Lipinski definition) is 2. The van der Waals surface area contributed by atoms with E-state index in [1.54, 1.807) is 48.5 Å². The molecule has 0 saturated carbocycles. The van der Waals surface area contributed by atoms with Crippen molar-refractivity contribution in [2.24, 2.45) is 0 Å². The number of halogens is 3. The van der Waals surface area contributed by atoms with Gasteiger partial charge in [-0.05, 0) is 17.7 Å². The lowest BCUT2D eigenvalue weighted by molar-refractivity contribution is -0.143. The molecule has 0 aliphatic heterocycles. The molecule has 1 aromatic heterocycles. The Morgan fingerprint density at radius 1 is 1.03 bits per heavy atom. The number of alkyl halides is 3. The molecule has 0 bridgehead atoms. The van der Waals surface area contributed by atoms with Crippen LogP contribution in [-0.2, 0) is 27.1 Å². The number of rotatable bonds is 8. The normalized spacial score (nSPS) is 11.9. The standard InChI is InChI=1S/C23H21F3N4O5/c1-34-21(32)18(28-22(33)35-14-15-8-4-2-5-9-15)12-27-20(31)17-13-30(16-10-6-3-7-11-16)29-19(17)23(24,25)26/h2-11,13,18H,12,14H2,1H3,(H,27,31)(H,28,33)/t18-/m1/s1. The Bertz CT molecular complexity index is 1170. The summed E-state index contributed by atoms with van der Waals surface area (Å²) in [4.78, 5) is 36.7. The van der Waals surface area contributed by atoms with Crippen LogP contribution < -0.4 is 10.6 Å². The van der Waals surface area contributed by atoms with Crippen molar-refractivity contribution >= 4 is 18.0 Å². The number of methoxy groups -OCH3 is 1. The zero-order valence-corrected chi connectivity index (χ0v) is 18.4. The highest BCUT2D eigenvalue weighted by Gasteiger charge is 2.39. The van der Waals surface area contributed by atoms with E-state index in [9.17, 15) is 27.6 Å². The van der Waals surface area contributed by atoms with Crippen molar-refractivity contribution in [3.63, 3.8) is 0 Å². The van der Waals surface area contributed by atoms with E-state index in [4.69, 9.17) is 4.74 Å². The van der Waals surface area contributed by atoms with Crippen LogP contribution in [0.15, 0.2) is 66.9 Å². The summed E-state index contributed by atoms with van der Waals surface area (Å²) >= 11 is 0. The molecule has 1 heterocycles. The van der Waals surface area contributed by atoms with Crippen molar-refractivity contribution in [3.05, 3.63) is 83.7 Å².